The molecule has 0 aliphatic carbocycles. The number of rotatable bonds is 7. The molecule has 0 saturated heterocycles. The van der Waals surface area contributed by atoms with Crippen LogP contribution in [0.2, 0.25) is 0 Å². The van der Waals surface area contributed by atoms with E-state index in [1.807, 2.05) is 35.4 Å². The van der Waals surface area contributed by atoms with Crippen LogP contribution < -0.4 is 5.73 Å². The van der Waals surface area contributed by atoms with E-state index in [-0.39, 0.29) is 12.5 Å². The fourth-order valence-corrected chi connectivity index (χ4v) is 3.21. The average molecular weight is 324 g/mol. The molecule has 0 aliphatic heterocycles. The van der Waals surface area contributed by atoms with E-state index in [0.29, 0.717) is 12.4 Å². The number of halogens is 1. The molecule has 1 heterocycles. The second-order valence-electron chi connectivity index (χ2n) is 4.70. The van der Waals surface area contributed by atoms with Crippen LogP contribution in [0.5, 0.6) is 0 Å². The van der Waals surface area contributed by atoms with Crippen molar-refractivity contribution in [2.24, 2.45) is 5.73 Å². The zero-order chi connectivity index (χ0) is 15.2. The van der Waals surface area contributed by atoms with Crippen molar-refractivity contribution in [2.75, 3.05) is 13.1 Å². The van der Waals surface area contributed by atoms with Crippen molar-refractivity contribution < 1.29 is 4.79 Å². The topological polar surface area (TPSA) is 59.2 Å². The second-order valence-corrected chi connectivity index (χ2v) is 5.83. The lowest BCUT2D eigenvalue weighted by Crippen LogP contribution is -2.33. The smallest absolute Gasteiger partial charge is 0.231 e. The van der Waals surface area contributed by atoms with Gasteiger partial charge in [-0.05, 0) is 12.1 Å². The SMILES string of the molecule is CCN(CC(N)=O)Cc1ccccc1-c1nc(CCl)cs1. The molecule has 0 radical (unpaired) electrons. The molecule has 2 N–H and O–H groups in total. The van der Waals surface area contributed by atoms with Gasteiger partial charge in [0.15, 0.2) is 0 Å². The van der Waals surface area contributed by atoms with E-state index in [2.05, 4.69) is 11.1 Å². The van der Waals surface area contributed by atoms with Crippen molar-refractivity contribution in [1.29, 1.82) is 0 Å². The normalized spacial score (nSPS) is 11.0. The van der Waals surface area contributed by atoms with Gasteiger partial charge in [-0.1, -0.05) is 31.2 Å². The van der Waals surface area contributed by atoms with Crippen LogP contribution in [0.15, 0.2) is 29.6 Å². The summed E-state index contributed by atoms with van der Waals surface area (Å²) in [6.07, 6.45) is 0. The zero-order valence-electron chi connectivity index (χ0n) is 11.9. The third-order valence-corrected chi connectivity index (χ3v) is 4.36. The molecule has 0 unspecified atom stereocenters. The highest BCUT2D eigenvalue weighted by Crippen LogP contribution is 2.28. The highest BCUT2D eigenvalue weighted by Gasteiger charge is 2.13. The molecule has 0 aliphatic rings. The molecular formula is C15H18ClN3OS. The highest BCUT2D eigenvalue weighted by molar-refractivity contribution is 7.13. The molecule has 1 aromatic heterocycles. The van der Waals surface area contributed by atoms with Crippen LogP contribution in [0.1, 0.15) is 18.2 Å². The first-order valence-corrected chi connectivity index (χ1v) is 8.14. The molecule has 6 heteroatoms. The van der Waals surface area contributed by atoms with Gasteiger partial charge in [-0.25, -0.2) is 4.98 Å². The first-order valence-electron chi connectivity index (χ1n) is 6.73. The Balaban J connectivity index is 2.25. The number of nitrogens with zero attached hydrogens (tertiary/aromatic N) is 2. The molecule has 1 amide bonds. The quantitative estimate of drug-likeness (QED) is 0.797. The fourth-order valence-electron chi connectivity index (χ4n) is 2.10. The van der Waals surface area contributed by atoms with Crippen LogP contribution in [-0.4, -0.2) is 28.9 Å². The average Bonchev–Trinajstić information content (AvgIpc) is 2.95. The summed E-state index contributed by atoms with van der Waals surface area (Å²) >= 11 is 7.40. The number of amides is 1. The third-order valence-electron chi connectivity index (χ3n) is 3.16. The molecule has 0 saturated carbocycles. The van der Waals surface area contributed by atoms with E-state index in [0.717, 1.165) is 28.4 Å². The van der Waals surface area contributed by atoms with Crippen molar-refractivity contribution >= 4 is 28.8 Å². The maximum Gasteiger partial charge on any atom is 0.231 e. The Morgan fingerprint density at radius 1 is 1.43 bits per heavy atom. The Morgan fingerprint density at radius 2 is 2.19 bits per heavy atom. The van der Waals surface area contributed by atoms with Gasteiger partial charge in [0, 0.05) is 17.5 Å². The lowest BCUT2D eigenvalue weighted by Gasteiger charge is -2.19. The number of aromatic nitrogens is 1. The van der Waals surface area contributed by atoms with Crippen LogP contribution >= 0.6 is 22.9 Å². The molecule has 2 aromatic rings. The summed E-state index contributed by atoms with van der Waals surface area (Å²) < 4.78 is 0. The number of carbonyl (C=O) groups excluding carboxylic acids is 1. The number of thiazole rings is 1. The predicted octanol–water partition coefficient (Wildman–Crippen LogP) is 2.86. The summed E-state index contributed by atoms with van der Waals surface area (Å²) in [4.78, 5) is 17.7. The van der Waals surface area contributed by atoms with Crippen molar-refractivity contribution in [1.82, 2.24) is 9.88 Å². The van der Waals surface area contributed by atoms with E-state index < -0.39 is 0 Å². The Kier molecular flexibility index (Phi) is 5.73. The summed E-state index contributed by atoms with van der Waals surface area (Å²) in [7, 11) is 0. The molecule has 0 fully saturated rings. The van der Waals surface area contributed by atoms with Gasteiger partial charge in [0.25, 0.3) is 0 Å². The summed E-state index contributed by atoms with van der Waals surface area (Å²) in [5, 5.41) is 2.93. The fraction of sp³-hybridized carbons (Fsp3) is 0.333. The Morgan fingerprint density at radius 3 is 2.81 bits per heavy atom. The van der Waals surface area contributed by atoms with Gasteiger partial charge in [0.05, 0.1) is 18.1 Å². The number of nitrogens with two attached hydrogens (primary N) is 1. The van der Waals surface area contributed by atoms with E-state index in [1.54, 1.807) is 11.3 Å². The molecular weight excluding hydrogens is 306 g/mol. The largest absolute Gasteiger partial charge is 0.369 e. The van der Waals surface area contributed by atoms with Gasteiger partial charge in [-0.15, -0.1) is 22.9 Å². The number of benzene rings is 1. The van der Waals surface area contributed by atoms with Crippen LogP contribution in [0.3, 0.4) is 0 Å². The first-order chi connectivity index (χ1) is 10.1. The van der Waals surface area contributed by atoms with Crippen LogP contribution in [0.25, 0.3) is 10.6 Å². The van der Waals surface area contributed by atoms with Gasteiger partial charge >= 0.3 is 0 Å². The Labute approximate surface area is 133 Å². The minimum Gasteiger partial charge on any atom is -0.369 e. The molecule has 2 rings (SSSR count). The van der Waals surface area contributed by atoms with Gasteiger partial charge in [0.1, 0.15) is 5.01 Å². The lowest BCUT2D eigenvalue weighted by atomic mass is 10.1. The third kappa shape index (κ3) is 4.27. The van der Waals surface area contributed by atoms with Gasteiger partial charge < -0.3 is 5.73 Å². The van der Waals surface area contributed by atoms with Gasteiger partial charge in [-0.2, -0.15) is 0 Å². The van der Waals surface area contributed by atoms with E-state index in [9.17, 15) is 4.79 Å². The number of carbonyl (C=O) groups is 1. The highest BCUT2D eigenvalue weighted by atomic mass is 35.5. The lowest BCUT2D eigenvalue weighted by molar-refractivity contribution is -0.119. The van der Waals surface area contributed by atoms with Gasteiger partial charge in [-0.3, -0.25) is 9.69 Å². The maximum atomic E-state index is 11.1. The van der Waals surface area contributed by atoms with Crippen molar-refractivity contribution in [3.8, 4) is 10.6 Å². The van der Waals surface area contributed by atoms with E-state index in [1.165, 1.54) is 0 Å². The number of hydrogen-bond donors (Lipinski definition) is 1. The molecule has 112 valence electrons. The van der Waals surface area contributed by atoms with Crippen molar-refractivity contribution in [3.05, 3.63) is 40.9 Å². The Bertz CT molecular complexity index is 614. The zero-order valence-corrected chi connectivity index (χ0v) is 13.5. The summed E-state index contributed by atoms with van der Waals surface area (Å²) in [5.41, 5.74) is 8.39. The summed E-state index contributed by atoms with van der Waals surface area (Å²) in [5.74, 6) is 0.106. The molecule has 0 bridgehead atoms. The number of hydrogen-bond acceptors (Lipinski definition) is 4. The molecule has 21 heavy (non-hydrogen) atoms. The van der Waals surface area contributed by atoms with Crippen molar-refractivity contribution in [3.63, 3.8) is 0 Å². The van der Waals surface area contributed by atoms with E-state index >= 15 is 0 Å². The second kappa shape index (κ2) is 7.54. The number of alkyl halides is 1. The molecule has 0 spiro atoms. The maximum absolute atomic E-state index is 11.1. The standard InChI is InChI=1S/C15H18ClN3OS/c1-2-19(9-14(17)20)8-11-5-3-4-6-13(11)15-18-12(7-16)10-21-15/h3-6,10H,2,7-9H2,1H3,(H2,17,20). The van der Waals surface area contributed by atoms with Crippen LogP contribution in [-0.2, 0) is 17.2 Å². The summed E-state index contributed by atoms with van der Waals surface area (Å²) in [6.45, 7) is 3.71. The van der Waals surface area contributed by atoms with Crippen LogP contribution in [0.4, 0.5) is 0 Å². The number of primary amides is 1. The minimum atomic E-state index is -0.312. The monoisotopic (exact) mass is 323 g/mol. The summed E-state index contributed by atoms with van der Waals surface area (Å²) in [6, 6.07) is 8.09. The number of likely N-dealkylation sites (N-methyl/N-ethyl adjacent to an activating group) is 1. The molecule has 0 atom stereocenters. The first kappa shape index (κ1) is 15.9. The predicted molar refractivity (Wildman–Crippen MR) is 87.3 cm³/mol. The van der Waals surface area contributed by atoms with E-state index in [4.69, 9.17) is 17.3 Å². The molecule has 1 aromatic carbocycles. The molecule has 4 nitrogen and oxygen atoms in total. The van der Waals surface area contributed by atoms with Crippen molar-refractivity contribution in [2.45, 2.75) is 19.3 Å². The Hall–Kier alpha value is -1.43. The van der Waals surface area contributed by atoms with Crippen LogP contribution in [0, 0.1) is 0 Å². The minimum absolute atomic E-state index is 0.260. The van der Waals surface area contributed by atoms with Gasteiger partial charge in [0.2, 0.25) is 5.91 Å².